The molecule has 3 N–H and O–H groups in total. The molecule has 0 aliphatic rings. The van der Waals surface area contributed by atoms with Crippen molar-refractivity contribution in [3.63, 3.8) is 0 Å². The third kappa shape index (κ3) is 1.81. The Hall–Kier alpha value is -3.09. The molecule has 7 nitrogen and oxygen atoms in total. The monoisotopic (exact) mass is 271 g/mol. The van der Waals surface area contributed by atoms with Crippen LogP contribution >= 0.6 is 0 Å². The summed E-state index contributed by atoms with van der Waals surface area (Å²) in [5.41, 5.74) is 0.882. The van der Waals surface area contributed by atoms with E-state index in [9.17, 15) is 15.0 Å². The Labute approximate surface area is 112 Å². The van der Waals surface area contributed by atoms with Gasteiger partial charge in [-0.1, -0.05) is 0 Å². The molecule has 3 rings (SSSR count). The molecule has 20 heavy (non-hydrogen) atoms. The van der Waals surface area contributed by atoms with Crippen LogP contribution in [-0.4, -0.2) is 35.9 Å². The molecule has 0 spiro atoms. The highest BCUT2D eigenvalue weighted by Crippen LogP contribution is 2.31. The number of hydrogen-bond acceptors (Lipinski definition) is 5. The first-order chi connectivity index (χ1) is 9.56. The van der Waals surface area contributed by atoms with Crippen molar-refractivity contribution < 1.29 is 20.1 Å². The Bertz CT molecular complexity index is 826. The number of fused-ring (bicyclic) bond motifs is 1. The number of nitrogens with zero attached hydrogens (tertiary/aromatic N) is 3. The van der Waals surface area contributed by atoms with Crippen LogP contribution in [0.5, 0.6) is 11.5 Å². The van der Waals surface area contributed by atoms with Crippen LogP contribution in [-0.2, 0) is 0 Å². The van der Waals surface area contributed by atoms with E-state index in [1.807, 2.05) is 0 Å². The van der Waals surface area contributed by atoms with Gasteiger partial charge in [0.2, 0.25) is 0 Å². The second kappa shape index (κ2) is 4.23. The molecule has 0 saturated heterocycles. The van der Waals surface area contributed by atoms with Crippen molar-refractivity contribution in [2.75, 3.05) is 0 Å². The third-order valence-electron chi connectivity index (χ3n) is 2.87. The molecule has 1 aromatic carbocycles. The van der Waals surface area contributed by atoms with Crippen molar-refractivity contribution in [3.05, 3.63) is 42.1 Å². The molecule has 0 saturated carbocycles. The number of carboxylic acids is 1. The van der Waals surface area contributed by atoms with Crippen LogP contribution in [0.2, 0.25) is 0 Å². The van der Waals surface area contributed by atoms with E-state index >= 15 is 0 Å². The quantitative estimate of drug-likeness (QED) is 0.652. The first-order valence-electron chi connectivity index (χ1n) is 5.66. The van der Waals surface area contributed by atoms with Gasteiger partial charge >= 0.3 is 5.97 Å². The lowest BCUT2D eigenvalue weighted by Gasteiger charge is -2.04. The van der Waals surface area contributed by atoms with Gasteiger partial charge in [0.15, 0.2) is 11.5 Å². The minimum Gasteiger partial charge on any atom is -0.508 e. The highest BCUT2D eigenvalue weighted by atomic mass is 16.4. The summed E-state index contributed by atoms with van der Waals surface area (Å²) in [6, 6.07) is 7.01. The van der Waals surface area contributed by atoms with E-state index in [1.165, 1.54) is 40.9 Å². The molecule has 7 heteroatoms. The van der Waals surface area contributed by atoms with Crippen LogP contribution in [0, 0.1) is 0 Å². The van der Waals surface area contributed by atoms with Crippen molar-refractivity contribution in [3.8, 4) is 22.9 Å². The maximum atomic E-state index is 11.0. The van der Waals surface area contributed by atoms with Crippen molar-refractivity contribution in [2.24, 2.45) is 0 Å². The summed E-state index contributed by atoms with van der Waals surface area (Å²) in [5.74, 6) is -1.02. The fraction of sp³-hybridized carbons (Fsp3) is 0. The molecule has 2 aromatic heterocycles. The number of hydrogen-bond donors (Lipinski definition) is 3. The van der Waals surface area contributed by atoms with Crippen molar-refractivity contribution >= 4 is 11.6 Å². The first kappa shape index (κ1) is 12.0. The molecule has 2 heterocycles. The molecule has 0 amide bonds. The van der Waals surface area contributed by atoms with Gasteiger partial charge in [-0.3, -0.25) is 4.40 Å². The van der Waals surface area contributed by atoms with Crippen molar-refractivity contribution in [1.29, 1.82) is 0 Å². The Morgan fingerprint density at radius 2 is 1.90 bits per heavy atom. The molecule has 0 aliphatic heterocycles. The number of aromatic carboxylic acids is 1. The molecule has 0 bridgehead atoms. The van der Waals surface area contributed by atoms with Crippen LogP contribution in [0.15, 0.2) is 36.5 Å². The van der Waals surface area contributed by atoms with Gasteiger partial charge in [-0.05, 0) is 24.3 Å². The van der Waals surface area contributed by atoms with E-state index in [4.69, 9.17) is 5.11 Å². The number of phenols is 2. The van der Waals surface area contributed by atoms with Gasteiger partial charge in [0.25, 0.3) is 0 Å². The molecular formula is C13H9N3O4. The summed E-state index contributed by atoms with van der Waals surface area (Å²) in [6.07, 6.45) is 1.37. The fourth-order valence-corrected chi connectivity index (χ4v) is 1.91. The predicted molar refractivity (Wildman–Crippen MR) is 68.7 cm³/mol. The fourth-order valence-electron chi connectivity index (χ4n) is 1.91. The van der Waals surface area contributed by atoms with Crippen LogP contribution in [0.3, 0.4) is 0 Å². The topological polar surface area (TPSA) is 108 Å². The predicted octanol–water partition coefficient (Wildman–Crippen LogP) is 1.51. The minimum atomic E-state index is -1.07. The number of aromatic nitrogens is 3. The van der Waals surface area contributed by atoms with E-state index in [2.05, 4.69) is 10.2 Å². The number of phenolic OH excluding ortho intramolecular Hbond substituents is 2. The van der Waals surface area contributed by atoms with E-state index in [0.29, 0.717) is 17.0 Å². The summed E-state index contributed by atoms with van der Waals surface area (Å²) in [5, 5.41) is 36.0. The number of carbonyl (C=O) groups is 1. The second-order valence-electron chi connectivity index (χ2n) is 4.18. The molecule has 0 unspecified atom stereocenters. The summed E-state index contributed by atoms with van der Waals surface area (Å²) in [6.45, 7) is 0. The Kier molecular flexibility index (Phi) is 2.53. The molecule has 100 valence electrons. The smallest absolute Gasteiger partial charge is 0.337 e. The number of rotatable bonds is 2. The summed E-state index contributed by atoms with van der Waals surface area (Å²) < 4.78 is 1.47. The average Bonchev–Trinajstić information content (AvgIpc) is 2.81. The minimum absolute atomic E-state index is 0.0775. The zero-order valence-electron chi connectivity index (χ0n) is 10.1. The van der Waals surface area contributed by atoms with E-state index in [1.54, 1.807) is 0 Å². The van der Waals surface area contributed by atoms with Gasteiger partial charge in [0, 0.05) is 12.3 Å². The largest absolute Gasteiger partial charge is 0.508 e. The highest BCUT2D eigenvalue weighted by molar-refractivity contribution is 5.87. The molecule has 0 fully saturated rings. The third-order valence-corrected chi connectivity index (χ3v) is 2.87. The summed E-state index contributed by atoms with van der Waals surface area (Å²) in [7, 11) is 0. The molecule has 0 aliphatic carbocycles. The van der Waals surface area contributed by atoms with Gasteiger partial charge in [0.1, 0.15) is 11.5 Å². The van der Waals surface area contributed by atoms with Crippen LogP contribution in [0.4, 0.5) is 0 Å². The van der Waals surface area contributed by atoms with Crippen LogP contribution in [0.1, 0.15) is 10.4 Å². The number of carboxylic acid groups (broad SMARTS) is 1. The lowest BCUT2D eigenvalue weighted by Crippen LogP contribution is -1.99. The lowest BCUT2D eigenvalue weighted by molar-refractivity contribution is 0.0696. The number of pyridine rings is 1. The van der Waals surface area contributed by atoms with Crippen molar-refractivity contribution in [2.45, 2.75) is 0 Å². The molecular weight excluding hydrogens is 262 g/mol. The van der Waals surface area contributed by atoms with Crippen LogP contribution in [0.25, 0.3) is 17.0 Å². The van der Waals surface area contributed by atoms with Crippen LogP contribution < -0.4 is 0 Å². The number of benzene rings is 1. The van der Waals surface area contributed by atoms with E-state index in [0.717, 1.165) is 0 Å². The molecule has 0 atom stereocenters. The van der Waals surface area contributed by atoms with Gasteiger partial charge < -0.3 is 15.3 Å². The van der Waals surface area contributed by atoms with Gasteiger partial charge in [-0.15, -0.1) is 10.2 Å². The highest BCUT2D eigenvalue weighted by Gasteiger charge is 2.14. The first-order valence-corrected chi connectivity index (χ1v) is 5.66. The van der Waals surface area contributed by atoms with E-state index < -0.39 is 5.97 Å². The summed E-state index contributed by atoms with van der Waals surface area (Å²) in [4.78, 5) is 11.0. The maximum absolute atomic E-state index is 11.0. The summed E-state index contributed by atoms with van der Waals surface area (Å²) >= 11 is 0. The van der Waals surface area contributed by atoms with Gasteiger partial charge in [-0.2, -0.15) is 0 Å². The Morgan fingerprint density at radius 1 is 1.10 bits per heavy atom. The molecule has 3 aromatic rings. The molecule has 0 radical (unpaired) electrons. The lowest BCUT2D eigenvalue weighted by atomic mass is 10.2. The van der Waals surface area contributed by atoms with Gasteiger partial charge in [0.05, 0.1) is 11.1 Å². The maximum Gasteiger partial charge on any atom is 0.337 e. The van der Waals surface area contributed by atoms with Crippen molar-refractivity contribution in [1.82, 2.24) is 14.6 Å². The normalized spacial score (nSPS) is 10.8. The van der Waals surface area contributed by atoms with Gasteiger partial charge in [-0.25, -0.2) is 4.79 Å². The Balaban J connectivity index is 2.25. The zero-order valence-corrected chi connectivity index (χ0v) is 10.1. The Morgan fingerprint density at radius 3 is 2.60 bits per heavy atom. The average molecular weight is 271 g/mol. The second-order valence-corrected chi connectivity index (χ2v) is 4.18. The SMILES string of the molecule is O=C(O)c1ccc2nnc(-c3ccc(O)cc3O)n2c1. The van der Waals surface area contributed by atoms with E-state index in [-0.39, 0.29) is 17.1 Å². The zero-order chi connectivity index (χ0) is 14.3. The number of aromatic hydroxyl groups is 2. The standard InChI is InChI=1S/C13H9N3O4/c17-8-2-3-9(10(18)5-8)12-15-14-11-4-1-7(13(19)20)6-16(11)12/h1-6,17-18H,(H,19,20).